The molecule has 0 unspecified atom stereocenters. The second-order valence-electron chi connectivity index (χ2n) is 1.96. The fourth-order valence-electron chi connectivity index (χ4n) is 0.816. The SMILES string of the molecule is [2H]C1([2H])CC([2H])([2H])c2nncn2C([2H])([2H])C1. The molecule has 2 rings (SSSR count). The van der Waals surface area contributed by atoms with Crippen molar-refractivity contribution >= 4 is 0 Å². The van der Waals surface area contributed by atoms with E-state index in [-0.39, 0.29) is 5.82 Å². The first-order chi connectivity index (χ1) is 7.14. The summed E-state index contributed by atoms with van der Waals surface area (Å²) in [5.41, 5.74) is 0. The van der Waals surface area contributed by atoms with Crippen molar-refractivity contribution < 1.29 is 8.22 Å². The maximum Gasteiger partial charge on any atom is 0.132 e. The highest BCUT2D eigenvalue weighted by Crippen LogP contribution is 2.10. The van der Waals surface area contributed by atoms with Crippen LogP contribution in [0.5, 0.6) is 0 Å². The number of aryl methyl sites for hydroxylation is 2. The quantitative estimate of drug-likeness (QED) is 0.542. The Morgan fingerprint density at radius 3 is 3.60 bits per heavy atom. The third-order valence-electron chi connectivity index (χ3n) is 1.29. The van der Waals surface area contributed by atoms with Crippen LogP contribution in [0, 0.1) is 0 Å². The fraction of sp³-hybridized carbons (Fsp3) is 0.714. The Morgan fingerprint density at radius 2 is 2.60 bits per heavy atom. The molecule has 1 aromatic heterocycles. The average molecular weight is 143 g/mol. The van der Waals surface area contributed by atoms with E-state index in [2.05, 4.69) is 10.2 Å². The van der Waals surface area contributed by atoms with Crippen LogP contribution >= 0.6 is 0 Å². The van der Waals surface area contributed by atoms with Gasteiger partial charge >= 0.3 is 0 Å². The molecule has 0 N–H and O–H groups in total. The highest BCUT2D eigenvalue weighted by molar-refractivity contribution is 4.87. The molecule has 10 heavy (non-hydrogen) atoms. The zero-order chi connectivity index (χ0) is 12.2. The normalized spacial score (nSPS) is 42.0. The Kier molecular flexibility index (Phi) is 0.559. The smallest absolute Gasteiger partial charge is 0.132 e. The van der Waals surface area contributed by atoms with Gasteiger partial charge in [0.2, 0.25) is 0 Å². The van der Waals surface area contributed by atoms with E-state index in [0.717, 1.165) is 10.9 Å². The van der Waals surface area contributed by atoms with Gasteiger partial charge in [0.1, 0.15) is 12.2 Å². The number of rotatable bonds is 0. The first-order valence-corrected chi connectivity index (χ1v) is 3.05. The first kappa shape index (κ1) is 2.32. The Hall–Kier alpha value is -0.860. The molecular weight excluding hydrogens is 126 g/mol. The standard InChI is InChI=1S/C7H11N3/c1-2-4-7-9-8-6-10(7)5-3-1/h6H,1-5H2/i1D2,4D2,5D2. The largest absolute Gasteiger partial charge is 0.318 e. The molecule has 0 bridgehead atoms. The molecule has 1 aromatic rings. The van der Waals surface area contributed by atoms with Gasteiger partial charge in [0.25, 0.3) is 0 Å². The zero-order valence-corrected chi connectivity index (χ0v) is 5.33. The van der Waals surface area contributed by atoms with Crippen molar-refractivity contribution in [2.45, 2.75) is 32.1 Å². The van der Waals surface area contributed by atoms with Gasteiger partial charge in [0.15, 0.2) is 0 Å². The van der Waals surface area contributed by atoms with E-state index in [1.807, 2.05) is 0 Å². The van der Waals surface area contributed by atoms with E-state index in [4.69, 9.17) is 8.22 Å². The maximum atomic E-state index is 7.74. The Balaban J connectivity index is 2.59. The van der Waals surface area contributed by atoms with Gasteiger partial charge in [-0.05, 0) is 12.8 Å². The topological polar surface area (TPSA) is 30.7 Å². The summed E-state index contributed by atoms with van der Waals surface area (Å²) in [6.07, 6.45) is -3.64. The molecule has 0 amide bonds. The molecule has 0 fully saturated rings. The second kappa shape index (κ2) is 2.40. The van der Waals surface area contributed by atoms with Crippen molar-refractivity contribution in [2.75, 3.05) is 0 Å². The molecule has 2 heterocycles. The van der Waals surface area contributed by atoms with Gasteiger partial charge in [0.05, 0.1) is 0 Å². The summed E-state index contributed by atoms with van der Waals surface area (Å²) in [6, 6.07) is 0. The van der Waals surface area contributed by atoms with E-state index in [1.54, 1.807) is 0 Å². The Bertz CT molecular complexity index is 378. The minimum atomic E-state index is -2.01. The van der Waals surface area contributed by atoms with Crippen LogP contribution in [0.15, 0.2) is 6.33 Å². The summed E-state index contributed by atoms with van der Waals surface area (Å²) in [7, 11) is 0. The third-order valence-corrected chi connectivity index (χ3v) is 1.29. The summed E-state index contributed by atoms with van der Waals surface area (Å²) < 4.78 is 47.2. The van der Waals surface area contributed by atoms with Crippen molar-refractivity contribution in [2.24, 2.45) is 0 Å². The number of hydrogen-bond acceptors (Lipinski definition) is 2. The molecule has 1 aliphatic heterocycles. The minimum absolute atomic E-state index is 0.154. The minimum Gasteiger partial charge on any atom is -0.318 e. The van der Waals surface area contributed by atoms with Gasteiger partial charge in [0, 0.05) is 21.1 Å². The van der Waals surface area contributed by atoms with Gasteiger partial charge < -0.3 is 4.57 Å². The predicted molar refractivity (Wildman–Crippen MR) is 37.6 cm³/mol. The molecule has 3 heteroatoms. The fourth-order valence-corrected chi connectivity index (χ4v) is 0.816. The van der Waals surface area contributed by atoms with Crippen molar-refractivity contribution in [3.63, 3.8) is 0 Å². The molecule has 0 saturated heterocycles. The lowest BCUT2D eigenvalue weighted by Crippen LogP contribution is -1.98. The lowest BCUT2D eigenvalue weighted by atomic mass is 10.2. The van der Waals surface area contributed by atoms with Crippen molar-refractivity contribution in [3.05, 3.63) is 12.2 Å². The van der Waals surface area contributed by atoms with Crippen LogP contribution < -0.4 is 0 Å². The van der Waals surface area contributed by atoms with E-state index < -0.39 is 32.1 Å². The number of hydrogen-bond donors (Lipinski definition) is 0. The molecule has 0 spiro atoms. The molecule has 0 aliphatic carbocycles. The second-order valence-corrected chi connectivity index (χ2v) is 1.96. The molecule has 1 aliphatic rings. The summed E-state index contributed by atoms with van der Waals surface area (Å²) in [6.45, 7) is -2.01. The monoisotopic (exact) mass is 143 g/mol. The first-order valence-electron chi connectivity index (χ1n) is 6.05. The van der Waals surface area contributed by atoms with E-state index in [0.29, 0.717) is 0 Å². The van der Waals surface area contributed by atoms with Gasteiger partial charge in [-0.3, -0.25) is 0 Å². The molecule has 3 nitrogen and oxygen atoms in total. The highest BCUT2D eigenvalue weighted by Gasteiger charge is 2.06. The summed E-state index contributed by atoms with van der Waals surface area (Å²) in [4.78, 5) is 0. The van der Waals surface area contributed by atoms with Gasteiger partial charge in [-0.1, -0.05) is 6.37 Å². The number of fused-ring (bicyclic) bond motifs is 1. The zero-order valence-electron chi connectivity index (χ0n) is 11.3. The van der Waals surface area contributed by atoms with Crippen LogP contribution in [-0.4, -0.2) is 14.8 Å². The number of nitrogens with zero attached hydrogens (tertiary/aromatic N) is 3. The number of aromatic nitrogens is 3. The molecular formula is C7H11N3. The highest BCUT2D eigenvalue weighted by atomic mass is 15.3. The van der Waals surface area contributed by atoms with Crippen molar-refractivity contribution in [3.8, 4) is 0 Å². The van der Waals surface area contributed by atoms with E-state index in [1.165, 1.54) is 0 Å². The van der Waals surface area contributed by atoms with Gasteiger partial charge in [-0.25, -0.2) is 0 Å². The van der Waals surface area contributed by atoms with Gasteiger partial charge in [-0.2, -0.15) is 0 Å². The van der Waals surface area contributed by atoms with Crippen molar-refractivity contribution in [1.82, 2.24) is 14.8 Å². The molecule has 0 atom stereocenters. The average Bonchev–Trinajstić information content (AvgIpc) is 2.43. The molecule has 0 radical (unpaired) electrons. The van der Waals surface area contributed by atoms with Gasteiger partial charge in [-0.15, -0.1) is 10.2 Å². The molecule has 0 aromatic carbocycles. The van der Waals surface area contributed by atoms with Crippen LogP contribution in [0.1, 0.15) is 33.3 Å². The summed E-state index contributed by atoms with van der Waals surface area (Å²) >= 11 is 0. The third kappa shape index (κ3) is 0.916. The summed E-state index contributed by atoms with van der Waals surface area (Å²) in [5, 5.41) is 7.06. The van der Waals surface area contributed by atoms with Crippen LogP contribution in [0.25, 0.3) is 0 Å². The van der Waals surface area contributed by atoms with Crippen LogP contribution in [0.2, 0.25) is 0 Å². The van der Waals surface area contributed by atoms with Crippen LogP contribution in [-0.2, 0) is 12.9 Å². The maximum absolute atomic E-state index is 7.74. The Morgan fingerprint density at radius 1 is 1.60 bits per heavy atom. The van der Waals surface area contributed by atoms with Crippen molar-refractivity contribution in [1.29, 1.82) is 0 Å². The van der Waals surface area contributed by atoms with Crippen LogP contribution in [0.4, 0.5) is 0 Å². The molecule has 0 saturated carbocycles. The van der Waals surface area contributed by atoms with E-state index >= 15 is 0 Å². The Labute approximate surface area is 68.5 Å². The summed E-state index contributed by atoms with van der Waals surface area (Å²) in [5.74, 6) is -0.154. The van der Waals surface area contributed by atoms with E-state index in [9.17, 15) is 0 Å². The predicted octanol–water partition coefficient (Wildman–Crippen LogP) is 1.00. The lowest BCUT2D eigenvalue weighted by Gasteiger charge is -1.97. The molecule has 54 valence electrons. The van der Waals surface area contributed by atoms with Crippen LogP contribution in [0.3, 0.4) is 0 Å². The lowest BCUT2D eigenvalue weighted by molar-refractivity contribution is 0.632.